The van der Waals surface area contributed by atoms with Crippen molar-refractivity contribution in [3.8, 4) is 11.5 Å². The Hall–Kier alpha value is -2.26. The molecule has 2 unspecified atom stereocenters. The first-order valence-corrected chi connectivity index (χ1v) is 16.7. The lowest BCUT2D eigenvalue weighted by atomic mass is 10.1. The van der Waals surface area contributed by atoms with Crippen molar-refractivity contribution < 1.29 is 27.2 Å². The number of rotatable bonds is 7. The van der Waals surface area contributed by atoms with E-state index in [0.717, 1.165) is 19.1 Å². The van der Waals surface area contributed by atoms with Gasteiger partial charge in [0.1, 0.15) is 13.9 Å². The van der Waals surface area contributed by atoms with E-state index in [0.29, 0.717) is 29.5 Å². The number of ether oxygens (including phenoxy) is 1. The Bertz CT molecular complexity index is 1220. The molecule has 1 N–H and O–H groups in total. The van der Waals surface area contributed by atoms with E-state index in [-0.39, 0.29) is 13.0 Å². The number of carbonyl (C=O) groups is 1. The molecule has 0 saturated carbocycles. The molecular weight excluding hydrogens is 477 g/mol. The van der Waals surface area contributed by atoms with Crippen LogP contribution in [0.15, 0.2) is 18.3 Å². The van der Waals surface area contributed by atoms with Crippen molar-refractivity contribution >= 4 is 34.7 Å². The van der Waals surface area contributed by atoms with Crippen LogP contribution in [-0.2, 0) is 30.8 Å². The van der Waals surface area contributed by atoms with Gasteiger partial charge in [-0.3, -0.25) is 9.48 Å². The summed E-state index contributed by atoms with van der Waals surface area (Å²) >= 11 is 0. The standard InChI is InChI=1S/C23H32FN3O5SSi/c1-23(33(2,29)30,22(28)26-32-20-8-6-7-14-31-20)12-13-27-16-18-19(25-27)10-9-17(21(18)24)11-15-34(3,4)5/h9-10,16,20H,6-8,12-14H2,1-5H3,(H,26,28). The fourth-order valence-corrected chi connectivity index (χ4v) is 4.75. The van der Waals surface area contributed by atoms with Crippen LogP contribution < -0.4 is 5.48 Å². The summed E-state index contributed by atoms with van der Waals surface area (Å²) in [6.07, 6.45) is 4.28. The highest BCUT2D eigenvalue weighted by Crippen LogP contribution is 2.25. The number of nitrogens with zero attached hydrogens (tertiary/aromatic N) is 2. The van der Waals surface area contributed by atoms with Gasteiger partial charge < -0.3 is 4.74 Å². The summed E-state index contributed by atoms with van der Waals surface area (Å²) in [5.41, 5.74) is 6.14. The molecule has 3 rings (SSSR count). The second kappa shape index (κ2) is 10.2. The lowest BCUT2D eigenvalue weighted by Gasteiger charge is -2.28. The van der Waals surface area contributed by atoms with E-state index in [4.69, 9.17) is 9.57 Å². The van der Waals surface area contributed by atoms with Gasteiger partial charge in [0.05, 0.1) is 16.5 Å². The van der Waals surface area contributed by atoms with Gasteiger partial charge in [0, 0.05) is 32.0 Å². The average molecular weight is 510 g/mol. The molecule has 0 spiro atoms. The molecule has 1 amide bonds. The summed E-state index contributed by atoms with van der Waals surface area (Å²) in [5, 5.41) is 4.64. The molecule has 0 bridgehead atoms. The molecule has 2 heterocycles. The van der Waals surface area contributed by atoms with Crippen molar-refractivity contribution in [2.24, 2.45) is 0 Å². The van der Waals surface area contributed by atoms with Crippen molar-refractivity contribution in [2.45, 2.75) is 69.8 Å². The molecule has 34 heavy (non-hydrogen) atoms. The molecule has 11 heteroatoms. The van der Waals surface area contributed by atoms with Gasteiger partial charge in [-0.2, -0.15) is 5.10 Å². The number of amides is 1. The van der Waals surface area contributed by atoms with Crippen LogP contribution >= 0.6 is 0 Å². The number of aromatic nitrogens is 2. The largest absolute Gasteiger partial charge is 0.350 e. The van der Waals surface area contributed by atoms with Crippen LogP contribution in [0.1, 0.15) is 38.2 Å². The molecule has 0 radical (unpaired) electrons. The highest BCUT2D eigenvalue weighted by Gasteiger charge is 2.44. The third kappa shape index (κ3) is 6.24. The molecule has 1 aromatic heterocycles. The molecule has 1 fully saturated rings. The smallest absolute Gasteiger partial charge is 0.264 e. The molecule has 1 aliphatic heterocycles. The first kappa shape index (κ1) is 26.3. The van der Waals surface area contributed by atoms with Crippen LogP contribution in [-0.4, -0.2) is 56.1 Å². The summed E-state index contributed by atoms with van der Waals surface area (Å²) in [7, 11) is -5.48. The maximum Gasteiger partial charge on any atom is 0.264 e. The van der Waals surface area contributed by atoms with Crippen molar-refractivity contribution in [1.82, 2.24) is 15.3 Å². The van der Waals surface area contributed by atoms with Gasteiger partial charge in [-0.05, 0) is 38.3 Å². The predicted octanol–water partition coefficient (Wildman–Crippen LogP) is 3.17. The van der Waals surface area contributed by atoms with Gasteiger partial charge in [-0.15, -0.1) is 5.54 Å². The zero-order valence-corrected chi connectivity index (χ0v) is 22.1. The van der Waals surface area contributed by atoms with E-state index in [1.807, 2.05) is 0 Å². The molecule has 8 nitrogen and oxygen atoms in total. The molecule has 0 aliphatic carbocycles. The van der Waals surface area contributed by atoms with Crippen molar-refractivity contribution in [1.29, 1.82) is 0 Å². The van der Waals surface area contributed by atoms with E-state index in [9.17, 15) is 17.6 Å². The number of aryl methyl sites for hydroxylation is 1. The maximum absolute atomic E-state index is 15.0. The molecule has 2 aromatic rings. The highest BCUT2D eigenvalue weighted by atomic mass is 32.2. The van der Waals surface area contributed by atoms with Crippen LogP contribution in [0.2, 0.25) is 19.6 Å². The zero-order chi connectivity index (χ0) is 25.1. The maximum atomic E-state index is 15.0. The van der Waals surface area contributed by atoms with Gasteiger partial charge in [0.25, 0.3) is 5.91 Å². The van der Waals surface area contributed by atoms with Crippen LogP contribution in [0.3, 0.4) is 0 Å². The first-order chi connectivity index (χ1) is 15.8. The van der Waals surface area contributed by atoms with Gasteiger partial charge >= 0.3 is 0 Å². The lowest BCUT2D eigenvalue weighted by molar-refractivity contribution is -0.201. The van der Waals surface area contributed by atoms with Gasteiger partial charge in [0.2, 0.25) is 0 Å². The summed E-state index contributed by atoms with van der Waals surface area (Å²) in [4.78, 5) is 18.1. The Morgan fingerprint density at radius 1 is 1.38 bits per heavy atom. The molecular formula is C23H32FN3O5SSi. The SMILES string of the molecule is CC(CCn1cc2c(F)c(C#C[Si](C)(C)C)ccc2n1)(C(=O)NOC1CCCCO1)S(C)(=O)=O. The minimum Gasteiger partial charge on any atom is -0.350 e. The third-order valence-electron chi connectivity index (χ3n) is 5.78. The highest BCUT2D eigenvalue weighted by molar-refractivity contribution is 7.92. The normalized spacial score (nSPS) is 18.7. The van der Waals surface area contributed by atoms with E-state index in [2.05, 4.69) is 41.7 Å². The number of halogens is 1. The van der Waals surface area contributed by atoms with Crippen molar-refractivity contribution in [3.05, 3.63) is 29.7 Å². The van der Waals surface area contributed by atoms with E-state index in [1.54, 1.807) is 12.1 Å². The number of sulfone groups is 1. The Balaban J connectivity index is 1.76. The van der Waals surface area contributed by atoms with E-state index >= 15 is 0 Å². The van der Waals surface area contributed by atoms with E-state index in [1.165, 1.54) is 17.8 Å². The summed E-state index contributed by atoms with van der Waals surface area (Å²) in [6, 6.07) is 3.28. The summed E-state index contributed by atoms with van der Waals surface area (Å²) < 4.78 is 45.2. The van der Waals surface area contributed by atoms with Crippen molar-refractivity contribution in [2.75, 3.05) is 12.9 Å². The van der Waals surface area contributed by atoms with Crippen LogP contribution in [0.5, 0.6) is 0 Å². The number of hydroxylamine groups is 1. The number of benzene rings is 1. The summed E-state index contributed by atoms with van der Waals surface area (Å²) in [5.74, 6) is 1.69. The first-order valence-electron chi connectivity index (χ1n) is 11.3. The Morgan fingerprint density at radius 3 is 2.74 bits per heavy atom. The third-order valence-corrected chi connectivity index (χ3v) is 8.68. The monoisotopic (exact) mass is 509 g/mol. The number of fused-ring (bicyclic) bond motifs is 1. The van der Waals surface area contributed by atoms with Gasteiger partial charge in [-0.1, -0.05) is 25.6 Å². The van der Waals surface area contributed by atoms with E-state index < -0.39 is 40.7 Å². The fraction of sp³-hybridized carbons (Fsp3) is 0.565. The summed E-state index contributed by atoms with van der Waals surface area (Å²) in [6.45, 7) is 8.19. The molecule has 1 aliphatic rings. The number of hydrogen-bond acceptors (Lipinski definition) is 6. The Morgan fingerprint density at radius 2 is 2.12 bits per heavy atom. The predicted molar refractivity (Wildman–Crippen MR) is 131 cm³/mol. The Labute approximate surface area is 201 Å². The minimum absolute atomic E-state index is 0.0789. The number of nitrogens with one attached hydrogen (secondary N) is 1. The second-order valence-corrected chi connectivity index (χ2v) is 17.0. The quantitative estimate of drug-likeness (QED) is 0.350. The molecule has 186 valence electrons. The zero-order valence-electron chi connectivity index (χ0n) is 20.3. The lowest BCUT2D eigenvalue weighted by Crippen LogP contribution is -2.51. The molecule has 1 saturated heterocycles. The van der Waals surface area contributed by atoms with Crippen molar-refractivity contribution in [3.63, 3.8) is 0 Å². The fourth-order valence-electron chi connectivity index (χ4n) is 3.40. The van der Waals surface area contributed by atoms with Crippen LogP contribution in [0.4, 0.5) is 4.39 Å². The van der Waals surface area contributed by atoms with Gasteiger partial charge in [-0.25, -0.2) is 23.1 Å². The molecule has 2 atom stereocenters. The topological polar surface area (TPSA) is 99.5 Å². The Kier molecular flexibility index (Phi) is 7.87. The number of carbonyl (C=O) groups excluding carboxylic acids is 1. The minimum atomic E-state index is -3.82. The number of hydrogen-bond donors (Lipinski definition) is 1. The molecule has 1 aromatic carbocycles. The van der Waals surface area contributed by atoms with Gasteiger partial charge in [0.15, 0.2) is 20.9 Å². The van der Waals surface area contributed by atoms with Crippen LogP contribution in [0, 0.1) is 17.3 Å². The second-order valence-electron chi connectivity index (χ2n) is 9.85. The average Bonchev–Trinajstić information content (AvgIpc) is 3.18. The van der Waals surface area contributed by atoms with Crippen LogP contribution in [0.25, 0.3) is 10.9 Å².